The van der Waals surface area contributed by atoms with Crippen LogP contribution in [0.25, 0.3) is 0 Å². The van der Waals surface area contributed by atoms with E-state index in [1.165, 1.54) is 12.1 Å². The molecule has 2 aromatic rings. The van der Waals surface area contributed by atoms with Gasteiger partial charge in [0.2, 0.25) is 0 Å². The Bertz CT molecular complexity index is 864. The summed E-state index contributed by atoms with van der Waals surface area (Å²) in [5, 5.41) is 0. The summed E-state index contributed by atoms with van der Waals surface area (Å²) in [5.74, 6) is -0.195. The quantitative estimate of drug-likeness (QED) is 0.795. The minimum atomic E-state index is -0.448. The summed E-state index contributed by atoms with van der Waals surface area (Å²) in [5.41, 5.74) is 2.13. The Morgan fingerprint density at radius 2 is 1.76 bits per heavy atom. The van der Waals surface area contributed by atoms with Crippen LogP contribution in [0.15, 0.2) is 42.6 Å². The first-order chi connectivity index (χ1) is 14.1. The molecule has 2 saturated heterocycles. The highest BCUT2D eigenvalue weighted by Crippen LogP contribution is 2.23. The lowest BCUT2D eigenvalue weighted by molar-refractivity contribution is 0.0303. The van der Waals surface area contributed by atoms with Crippen molar-refractivity contribution in [1.82, 2.24) is 14.8 Å². The number of rotatable bonds is 4. The largest absolute Gasteiger partial charge is 0.378 e. The molecule has 2 amide bonds. The standard InChI is InChI=1S/C22H24FN3O3/c23-19-5-6-20(24-14-19)22(28)26-8-7-17(15-26)13-16-1-3-18(4-2-16)21(27)25-9-11-29-12-10-25/h1-6,14,17H,7-13,15H2. The van der Waals surface area contributed by atoms with Gasteiger partial charge in [0.05, 0.1) is 19.4 Å². The highest BCUT2D eigenvalue weighted by Gasteiger charge is 2.28. The third-order valence-corrected chi connectivity index (χ3v) is 5.54. The van der Waals surface area contributed by atoms with Crippen molar-refractivity contribution in [3.8, 4) is 0 Å². The Labute approximate surface area is 169 Å². The van der Waals surface area contributed by atoms with Crippen LogP contribution < -0.4 is 0 Å². The lowest BCUT2D eigenvalue weighted by Crippen LogP contribution is -2.40. The highest BCUT2D eigenvalue weighted by molar-refractivity contribution is 5.94. The van der Waals surface area contributed by atoms with Crippen molar-refractivity contribution in [3.63, 3.8) is 0 Å². The topological polar surface area (TPSA) is 62.7 Å². The minimum absolute atomic E-state index is 0.0456. The van der Waals surface area contributed by atoms with E-state index < -0.39 is 5.82 Å². The van der Waals surface area contributed by atoms with Crippen LogP contribution in [0.5, 0.6) is 0 Å². The van der Waals surface area contributed by atoms with Gasteiger partial charge in [-0.3, -0.25) is 9.59 Å². The van der Waals surface area contributed by atoms with Crippen LogP contribution in [0.4, 0.5) is 4.39 Å². The molecule has 0 radical (unpaired) electrons. The fourth-order valence-corrected chi connectivity index (χ4v) is 3.91. The summed E-state index contributed by atoms with van der Waals surface area (Å²) in [4.78, 5) is 32.5. The van der Waals surface area contributed by atoms with E-state index in [0.717, 1.165) is 24.6 Å². The van der Waals surface area contributed by atoms with Crippen molar-refractivity contribution < 1.29 is 18.7 Å². The van der Waals surface area contributed by atoms with E-state index in [0.29, 0.717) is 50.9 Å². The van der Waals surface area contributed by atoms with Crippen LogP contribution >= 0.6 is 0 Å². The molecule has 6 nitrogen and oxygen atoms in total. The normalized spacial score (nSPS) is 19.4. The Kier molecular flexibility index (Phi) is 5.85. The molecular weight excluding hydrogens is 373 g/mol. The predicted molar refractivity (Wildman–Crippen MR) is 105 cm³/mol. The first-order valence-electron chi connectivity index (χ1n) is 9.97. The molecule has 0 N–H and O–H groups in total. The average molecular weight is 397 g/mol. The van der Waals surface area contributed by atoms with Gasteiger partial charge < -0.3 is 14.5 Å². The molecule has 0 saturated carbocycles. The number of morpholine rings is 1. The average Bonchev–Trinajstić information content (AvgIpc) is 3.23. The summed E-state index contributed by atoms with van der Waals surface area (Å²) in [6.07, 6.45) is 2.84. The molecule has 0 bridgehead atoms. The number of benzene rings is 1. The molecular formula is C22H24FN3O3. The first kappa shape index (κ1) is 19.5. The van der Waals surface area contributed by atoms with Gasteiger partial charge in [-0.25, -0.2) is 9.37 Å². The van der Waals surface area contributed by atoms with Gasteiger partial charge in [-0.05, 0) is 48.6 Å². The van der Waals surface area contributed by atoms with Gasteiger partial charge in [-0.15, -0.1) is 0 Å². The van der Waals surface area contributed by atoms with Crippen LogP contribution in [0.2, 0.25) is 0 Å². The van der Waals surface area contributed by atoms with E-state index in [4.69, 9.17) is 4.74 Å². The van der Waals surface area contributed by atoms with Gasteiger partial charge >= 0.3 is 0 Å². The number of hydrogen-bond acceptors (Lipinski definition) is 4. The highest BCUT2D eigenvalue weighted by atomic mass is 19.1. The Hall–Kier alpha value is -2.80. The fourth-order valence-electron chi connectivity index (χ4n) is 3.91. The van der Waals surface area contributed by atoms with Crippen molar-refractivity contribution in [2.24, 2.45) is 5.92 Å². The van der Waals surface area contributed by atoms with E-state index in [1.54, 1.807) is 4.90 Å². The molecule has 1 aromatic carbocycles. The molecule has 2 fully saturated rings. The number of aromatic nitrogens is 1. The zero-order chi connectivity index (χ0) is 20.2. The smallest absolute Gasteiger partial charge is 0.272 e. The third-order valence-electron chi connectivity index (χ3n) is 5.54. The zero-order valence-electron chi connectivity index (χ0n) is 16.2. The second-order valence-electron chi connectivity index (χ2n) is 7.57. The number of halogens is 1. The van der Waals surface area contributed by atoms with E-state index in [2.05, 4.69) is 4.98 Å². The fraction of sp³-hybridized carbons (Fsp3) is 0.409. The summed E-state index contributed by atoms with van der Waals surface area (Å²) in [6, 6.07) is 10.4. The summed E-state index contributed by atoms with van der Waals surface area (Å²) < 4.78 is 18.3. The van der Waals surface area contributed by atoms with Crippen molar-refractivity contribution in [2.75, 3.05) is 39.4 Å². The number of pyridine rings is 1. The Balaban J connectivity index is 1.32. The number of hydrogen-bond donors (Lipinski definition) is 0. The molecule has 1 aromatic heterocycles. The lowest BCUT2D eigenvalue weighted by Gasteiger charge is -2.26. The minimum Gasteiger partial charge on any atom is -0.378 e. The van der Waals surface area contributed by atoms with E-state index in [1.807, 2.05) is 29.2 Å². The SMILES string of the molecule is O=C(c1ccc(CC2CCN(C(=O)c3ccc(F)cn3)C2)cc1)N1CCOCC1. The maximum Gasteiger partial charge on any atom is 0.272 e. The Morgan fingerprint density at radius 3 is 2.45 bits per heavy atom. The predicted octanol–water partition coefficient (Wildman–Crippen LogP) is 2.40. The maximum absolute atomic E-state index is 13.0. The van der Waals surface area contributed by atoms with E-state index in [-0.39, 0.29) is 17.5 Å². The lowest BCUT2D eigenvalue weighted by atomic mass is 9.97. The summed E-state index contributed by atoms with van der Waals surface area (Å²) in [7, 11) is 0. The molecule has 152 valence electrons. The monoisotopic (exact) mass is 397 g/mol. The van der Waals surface area contributed by atoms with Crippen molar-refractivity contribution >= 4 is 11.8 Å². The van der Waals surface area contributed by atoms with E-state index in [9.17, 15) is 14.0 Å². The van der Waals surface area contributed by atoms with Gasteiger partial charge in [-0.1, -0.05) is 12.1 Å². The summed E-state index contributed by atoms with van der Waals surface area (Å²) in [6.45, 7) is 3.79. The first-order valence-corrected chi connectivity index (χ1v) is 9.97. The van der Waals surface area contributed by atoms with Gasteiger partial charge in [0, 0.05) is 31.7 Å². The van der Waals surface area contributed by atoms with Crippen LogP contribution in [-0.4, -0.2) is 66.0 Å². The third kappa shape index (κ3) is 4.62. The van der Waals surface area contributed by atoms with E-state index >= 15 is 0 Å². The van der Waals surface area contributed by atoms with Crippen LogP contribution in [-0.2, 0) is 11.2 Å². The second kappa shape index (κ2) is 8.69. The molecule has 2 aliphatic rings. The Morgan fingerprint density at radius 1 is 1.00 bits per heavy atom. The molecule has 0 aliphatic carbocycles. The van der Waals surface area contributed by atoms with Crippen LogP contribution in [0.1, 0.15) is 32.8 Å². The molecule has 2 aliphatic heterocycles. The van der Waals surface area contributed by atoms with Crippen LogP contribution in [0.3, 0.4) is 0 Å². The van der Waals surface area contributed by atoms with Gasteiger partial charge in [-0.2, -0.15) is 0 Å². The number of nitrogens with zero attached hydrogens (tertiary/aromatic N) is 3. The molecule has 7 heteroatoms. The molecule has 3 heterocycles. The second-order valence-corrected chi connectivity index (χ2v) is 7.57. The number of ether oxygens (including phenoxy) is 1. The summed E-state index contributed by atoms with van der Waals surface area (Å²) >= 11 is 0. The number of likely N-dealkylation sites (tertiary alicyclic amines) is 1. The van der Waals surface area contributed by atoms with Crippen molar-refractivity contribution in [2.45, 2.75) is 12.8 Å². The van der Waals surface area contributed by atoms with Gasteiger partial charge in [0.25, 0.3) is 11.8 Å². The van der Waals surface area contributed by atoms with Crippen molar-refractivity contribution in [1.29, 1.82) is 0 Å². The molecule has 4 rings (SSSR count). The zero-order valence-corrected chi connectivity index (χ0v) is 16.2. The molecule has 1 atom stereocenters. The molecule has 0 spiro atoms. The van der Waals surface area contributed by atoms with Gasteiger partial charge in [0.15, 0.2) is 0 Å². The van der Waals surface area contributed by atoms with Gasteiger partial charge in [0.1, 0.15) is 11.5 Å². The molecule has 1 unspecified atom stereocenters. The van der Waals surface area contributed by atoms with Crippen molar-refractivity contribution in [3.05, 3.63) is 65.2 Å². The maximum atomic E-state index is 13.0. The number of carbonyl (C=O) groups is 2. The number of amides is 2. The van der Waals surface area contributed by atoms with Crippen LogP contribution in [0, 0.1) is 11.7 Å². The molecule has 29 heavy (non-hydrogen) atoms. The number of carbonyl (C=O) groups excluding carboxylic acids is 2.